The van der Waals surface area contributed by atoms with Gasteiger partial charge in [-0.3, -0.25) is 0 Å². The summed E-state index contributed by atoms with van der Waals surface area (Å²) in [4.78, 5) is 11.7. The number of carbonyl (C=O) groups excluding carboxylic acids is 1. The Kier molecular flexibility index (Phi) is 5.00. The van der Waals surface area contributed by atoms with Gasteiger partial charge in [0.25, 0.3) is 0 Å². The van der Waals surface area contributed by atoms with Gasteiger partial charge in [0.15, 0.2) is 0 Å². The zero-order valence-electron chi connectivity index (χ0n) is 11.8. The van der Waals surface area contributed by atoms with Crippen molar-refractivity contribution in [2.24, 2.45) is 7.05 Å². The molecule has 1 N–H and O–H groups in total. The predicted octanol–water partition coefficient (Wildman–Crippen LogP) is 1.29. The molecule has 0 bridgehead atoms. The van der Waals surface area contributed by atoms with Gasteiger partial charge in [-0.05, 0) is 0 Å². The van der Waals surface area contributed by atoms with Gasteiger partial charge in [-0.1, -0.05) is 0 Å². The number of fused-ring (bicyclic) bond motifs is 1. The summed E-state index contributed by atoms with van der Waals surface area (Å²) in [5, 5.41) is 8.43. The third kappa shape index (κ3) is 3.62. The molecule has 1 aromatic carbocycles. The van der Waals surface area contributed by atoms with Crippen molar-refractivity contribution in [1.82, 2.24) is 19.7 Å². The van der Waals surface area contributed by atoms with Crippen molar-refractivity contribution >= 4 is 41.5 Å². The monoisotopic (exact) mass is 371 g/mol. The minimum absolute atomic E-state index is 0.0156. The van der Waals surface area contributed by atoms with Crippen molar-refractivity contribution in [2.45, 2.75) is 29.9 Å². The van der Waals surface area contributed by atoms with Gasteiger partial charge in [0, 0.05) is 0 Å². The topological polar surface area (TPSA) is 93.9 Å². The molecule has 7 nitrogen and oxygen atoms in total. The number of aromatic nitrogens is 3. The summed E-state index contributed by atoms with van der Waals surface area (Å²) in [7, 11) is -2.22. The zero-order chi connectivity index (χ0) is 15.5. The van der Waals surface area contributed by atoms with Gasteiger partial charge in [-0.2, -0.15) is 0 Å². The summed E-state index contributed by atoms with van der Waals surface area (Å²) in [5.74, 6) is 0. The Hall–Kier alpha value is -1.40. The maximum atomic E-state index is 12.3. The van der Waals surface area contributed by atoms with Crippen LogP contribution in [0.2, 0.25) is 5.21 Å². The van der Waals surface area contributed by atoms with E-state index >= 15 is 0 Å². The summed E-state index contributed by atoms with van der Waals surface area (Å²) in [5.41, 5.74) is 0.870. The fourth-order valence-corrected chi connectivity index (χ4v) is 5.44. The first-order valence-corrected chi connectivity index (χ1v) is 10.2. The number of carbonyl (C=O) groups is 1. The third-order valence-electron chi connectivity index (χ3n) is 2.88. The SMILES string of the molecule is CCCC[As]C(=O)NS(=O)(=O)c1cccc2c1nnn2C. The van der Waals surface area contributed by atoms with Crippen molar-refractivity contribution in [2.75, 3.05) is 0 Å². The maximum absolute atomic E-state index is 12.3. The number of rotatable bonds is 6. The number of amides is 1. The summed E-state index contributed by atoms with van der Waals surface area (Å²) in [6, 6.07) is 4.76. The van der Waals surface area contributed by atoms with Crippen LogP contribution < -0.4 is 4.72 Å². The molecule has 21 heavy (non-hydrogen) atoms. The molecule has 0 aliphatic carbocycles. The van der Waals surface area contributed by atoms with E-state index in [1.54, 1.807) is 19.2 Å². The Morgan fingerprint density at radius 2 is 2.19 bits per heavy atom. The van der Waals surface area contributed by atoms with Gasteiger partial charge >= 0.3 is 130 Å². The molecule has 113 valence electrons. The van der Waals surface area contributed by atoms with Gasteiger partial charge in [0.2, 0.25) is 0 Å². The molecule has 0 saturated heterocycles. The molecule has 1 amide bonds. The second-order valence-electron chi connectivity index (χ2n) is 4.48. The average Bonchev–Trinajstić information content (AvgIpc) is 2.80. The second kappa shape index (κ2) is 6.57. The summed E-state index contributed by atoms with van der Waals surface area (Å²) >= 11 is -0.662. The van der Waals surface area contributed by atoms with E-state index in [4.69, 9.17) is 0 Å². The summed E-state index contributed by atoms with van der Waals surface area (Å²) < 4.78 is 27.8. The van der Waals surface area contributed by atoms with Crippen molar-refractivity contribution in [1.29, 1.82) is 0 Å². The van der Waals surface area contributed by atoms with Crippen LogP contribution in [0.25, 0.3) is 11.0 Å². The van der Waals surface area contributed by atoms with Crippen LogP contribution in [-0.4, -0.2) is 43.9 Å². The van der Waals surface area contributed by atoms with E-state index in [2.05, 4.69) is 15.0 Å². The molecule has 0 fully saturated rings. The van der Waals surface area contributed by atoms with Crippen LogP contribution in [0.3, 0.4) is 0 Å². The van der Waals surface area contributed by atoms with Crippen LogP contribution in [0.5, 0.6) is 0 Å². The van der Waals surface area contributed by atoms with Crippen LogP contribution in [0.1, 0.15) is 19.8 Å². The normalized spacial score (nSPS) is 12.3. The van der Waals surface area contributed by atoms with Crippen molar-refractivity contribution in [3.05, 3.63) is 18.2 Å². The molecule has 2 rings (SSSR count). The van der Waals surface area contributed by atoms with Gasteiger partial charge < -0.3 is 0 Å². The van der Waals surface area contributed by atoms with Crippen LogP contribution in [0.15, 0.2) is 23.1 Å². The summed E-state index contributed by atoms with van der Waals surface area (Å²) in [6.45, 7) is 2.03. The number of sulfonamides is 1. The number of unbranched alkanes of at least 4 members (excludes halogenated alkanes) is 1. The third-order valence-corrected chi connectivity index (χ3v) is 6.55. The molecule has 9 heteroatoms. The fraction of sp³-hybridized carbons (Fsp3) is 0.417. The molecule has 0 unspecified atom stereocenters. The molecular weight excluding hydrogens is 355 g/mol. The molecule has 0 atom stereocenters. The Morgan fingerprint density at radius 3 is 2.90 bits per heavy atom. The number of nitrogens with one attached hydrogen (secondary N) is 1. The molecule has 1 heterocycles. The van der Waals surface area contributed by atoms with E-state index in [1.165, 1.54) is 10.7 Å². The van der Waals surface area contributed by atoms with E-state index in [9.17, 15) is 13.2 Å². The van der Waals surface area contributed by atoms with Crippen molar-refractivity contribution < 1.29 is 13.2 Å². The van der Waals surface area contributed by atoms with Crippen molar-refractivity contribution in [3.63, 3.8) is 0 Å². The Morgan fingerprint density at radius 1 is 1.43 bits per heavy atom. The van der Waals surface area contributed by atoms with Crippen molar-refractivity contribution in [3.8, 4) is 0 Å². The molecule has 0 aliphatic heterocycles. The predicted molar refractivity (Wildman–Crippen MR) is 79.7 cm³/mol. The Labute approximate surface area is 129 Å². The van der Waals surface area contributed by atoms with E-state index in [-0.39, 0.29) is 10.4 Å². The number of hydrogen-bond acceptors (Lipinski definition) is 5. The molecule has 1 radical (unpaired) electrons. The van der Waals surface area contributed by atoms with Crippen LogP contribution in [0, 0.1) is 0 Å². The van der Waals surface area contributed by atoms with Crippen LogP contribution in [0.4, 0.5) is 4.79 Å². The Balaban J connectivity index is 2.24. The van der Waals surface area contributed by atoms with E-state index in [1.807, 2.05) is 6.92 Å². The van der Waals surface area contributed by atoms with E-state index in [0.29, 0.717) is 5.52 Å². The molecule has 2 aromatic rings. The quantitative estimate of drug-likeness (QED) is 0.610. The molecule has 0 spiro atoms. The van der Waals surface area contributed by atoms with Gasteiger partial charge in [-0.15, -0.1) is 0 Å². The molecule has 0 saturated carbocycles. The summed E-state index contributed by atoms with van der Waals surface area (Å²) in [6.07, 6.45) is 1.93. The number of hydrogen-bond donors (Lipinski definition) is 1. The first kappa shape index (κ1) is 16.0. The average molecular weight is 371 g/mol. The molecule has 1 aromatic heterocycles. The van der Waals surface area contributed by atoms with Crippen LogP contribution >= 0.6 is 0 Å². The van der Waals surface area contributed by atoms with Gasteiger partial charge in [0.05, 0.1) is 0 Å². The number of nitrogens with zero attached hydrogens (tertiary/aromatic N) is 3. The van der Waals surface area contributed by atoms with Gasteiger partial charge in [-0.25, -0.2) is 0 Å². The fourth-order valence-electron chi connectivity index (χ4n) is 1.79. The van der Waals surface area contributed by atoms with E-state index < -0.39 is 30.5 Å². The van der Waals surface area contributed by atoms with Crippen LogP contribution in [-0.2, 0) is 17.1 Å². The minimum atomic E-state index is -3.90. The number of aryl methyl sites for hydroxylation is 1. The standard InChI is InChI=1S/C12H16AsN4O3S/c1-3-4-8-13-12(18)15-21(19,20)10-7-5-6-9-11(10)14-16-17(9)2/h5-7H,3-4,8H2,1-2H3,(H,15,18). The van der Waals surface area contributed by atoms with E-state index in [0.717, 1.165) is 18.1 Å². The number of benzene rings is 1. The first-order valence-electron chi connectivity index (χ1n) is 6.48. The van der Waals surface area contributed by atoms with Gasteiger partial charge in [0.1, 0.15) is 0 Å². The zero-order valence-corrected chi connectivity index (χ0v) is 14.5. The first-order chi connectivity index (χ1) is 9.95. The Bertz CT molecular complexity index is 757. The second-order valence-corrected chi connectivity index (χ2v) is 8.59. The molecular formula is C12H16AsN4O3S. The molecule has 0 aliphatic rings.